The first kappa shape index (κ1) is 14.9. The van der Waals surface area contributed by atoms with Crippen LogP contribution in [-0.4, -0.2) is 24.2 Å². The summed E-state index contributed by atoms with van der Waals surface area (Å²) in [4.78, 5) is 13.6. The summed E-state index contributed by atoms with van der Waals surface area (Å²) >= 11 is 1.94. The van der Waals surface area contributed by atoms with Gasteiger partial charge in [0.05, 0.1) is 11.6 Å². The minimum atomic E-state index is 0.114. The lowest BCUT2D eigenvalue weighted by atomic mass is 9.99. The number of hydrogen-bond acceptors (Lipinski definition) is 3. The van der Waals surface area contributed by atoms with Crippen LogP contribution >= 0.6 is 11.8 Å². The smallest absolute Gasteiger partial charge is 0.228 e. The molecule has 1 aromatic rings. The highest BCUT2D eigenvalue weighted by molar-refractivity contribution is 8.00. The summed E-state index contributed by atoms with van der Waals surface area (Å²) in [5.74, 6) is 0.282. The average molecular weight is 304 g/mol. The molecule has 2 aliphatic rings. The molecule has 3 nitrogen and oxygen atoms in total. The van der Waals surface area contributed by atoms with Gasteiger partial charge in [-0.2, -0.15) is 0 Å². The number of carbonyl (C=O) groups excluding carboxylic acids is 1. The Bertz CT molecular complexity index is 479. The lowest BCUT2D eigenvalue weighted by molar-refractivity contribution is -0.120. The van der Waals surface area contributed by atoms with E-state index in [2.05, 4.69) is 22.8 Å². The van der Waals surface area contributed by atoms with Crippen LogP contribution in [0.1, 0.15) is 38.5 Å². The Morgan fingerprint density at radius 3 is 2.71 bits per heavy atom. The first-order valence-corrected chi connectivity index (χ1v) is 8.98. The second-order valence-corrected chi connectivity index (χ2v) is 7.40. The number of nitrogens with one attached hydrogen (secondary N) is 2. The highest BCUT2D eigenvalue weighted by Crippen LogP contribution is 2.38. The normalized spacial score (nSPS) is 23.1. The van der Waals surface area contributed by atoms with Gasteiger partial charge in [-0.05, 0) is 44.4 Å². The molecule has 2 N–H and O–H groups in total. The van der Waals surface area contributed by atoms with Crippen molar-refractivity contribution in [3.8, 4) is 0 Å². The molecular weight excluding hydrogens is 280 g/mol. The molecular formula is C17H24N2OS. The first-order valence-electron chi connectivity index (χ1n) is 8.10. The molecule has 1 heterocycles. The summed E-state index contributed by atoms with van der Waals surface area (Å²) in [6, 6.07) is 8.24. The summed E-state index contributed by atoms with van der Waals surface area (Å²) < 4.78 is 0. The zero-order valence-electron chi connectivity index (χ0n) is 12.4. The van der Waals surface area contributed by atoms with Crippen LogP contribution in [0.4, 0.5) is 5.69 Å². The molecule has 1 saturated heterocycles. The van der Waals surface area contributed by atoms with Crippen LogP contribution in [0.5, 0.6) is 0 Å². The number of carbonyl (C=O) groups is 1. The van der Waals surface area contributed by atoms with Crippen LogP contribution in [0.25, 0.3) is 0 Å². The Balaban J connectivity index is 1.65. The highest BCUT2D eigenvalue weighted by Gasteiger charge is 2.22. The zero-order chi connectivity index (χ0) is 14.5. The van der Waals surface area contributed by atoms with E-state index in [1.165, 1.54) is 30.6 Å². The maximum atomic E-state index is 12.4. The topological polar surface area (TPSA) is 41.1 Å². The van der Waals surface area contributed by atoms with E-state index in [-0.39, 0.29) is 11.8 Å². The van der Waals surface area contributed by atoms with Crippen molar-refractivity contribution in [3.05, 3.63) is 24.3 Å². The van der Waals surface area contributed by atoms with Crippen LogP contribution in [0.2, 0.25) is 0 Å². The quantitative estimate of drug-likeness (QED) is 0.892. The fourth-order valence-corrected chi connectivity index (χ4v) is 4.50. The number of rotatable bonds is 4. The molecule has 0 unspecified atom stereocenters. The maximum Gasteiger partial charge on any atom is 0.228 e. The van der Waals surface area contributed by atoms with Gasteiger partial charge in [0.2, 0.25) is 5.91 Å². The van der Waals surface area contributed by atoms with Crippen LogP contribution < -0.4 is 10.6 Å². The molecule has 1 saturated carbocycles. The molecule has 21 heavy (non-hydrogen) atoms. The Morgan fingerprint density at radius 1 is 1.14 bits per heavy atom. The van der Waals surface area contributed by atoms with Gasteiger partial charge in [0.25, 0.3) is 0 Å². The van der Waals surface area contributed by atoms with Gasteiger partial charge in [-0.25, -0.2) is 0 Å². The summed E-state index contributed by atoms with van der Waals surface area (Å²) in [6.07, 6.45) is 7.40. The molecule has 4 heteroatoms. The molecule has 1 amide bonds. The van der Waals surface area contributed by atoms with Crippen molar-refractivity contribution >= 4 is 23.4 Å². The largest absolute Gasteiger partial charge is 0.325 e. The minimum absolute atomic E-state index is 0.114. The van der Waals surface area contributed by atoms with E-state index < -0.39 is 0 Å². The summed E-state index contributed by atoms with van der Waals surface area (Å²) in [6.45, 7) is 1.85. The number of anilines is 1. The standard InChI is InChI=1S/C17H24N2OS/c20-17(13-6-5-11-18-12-13)19-15-9-3-4-10-16(15)21-14-7-1-2-8-14/h3-4,9-10,13-14,18H,1-2,5-8,11-12H2,(H,19,20)/t13-/m0/s1. The van der Waals surface area contributed by atoms with E-state index in [0.29, 0.717) is 0 Å². The van der Waals surface area contributed by atoms with Crippen LogP contribution in [0.3, 0.4) is 0 Å². The fourth-order valence-electron chi connectivity index (χ4n) is 3.17. The number of thioether (sulfide) groups is 1. The van der Waals surface area contributed by atoms with E-state index in [0.717, 1.165) is 36.9 Å². The van der Waals surface area contributed by atoms with Crippen molar-refractivity contribution in [1.82, 2.24) is 5.32 Å². The van der Waals surface area contributed by atoms with E-state index in [1.54, 1.807) is 0 Å². The summed E-state index contributed by atoms with van der Waals surface area (Å²) in [7, 11) is 0. The van der Waals surface area contributed by atoms with Crippen LogP contribution in [0, 0.1) is 5.92 Å². The predicted molar refractivity (Wildman–Crippen MR) is 88.8 cm³/mol. The van der Waals surface area contributed by atoms with Crippen LogP contribution in [-0.2, 0) is 4.79 Å². The maximum absolute atomic E-state index is 12.4. The fraction of sp³-hybridized carbons (Fsp3) is 0.588. The molecule has 1 aliphatic heterocycles. The molecule has 0 spiro atoms. The van der Waals surface area contributed by atoms with Gasteiger partial charge in [0.1, 0.15) is 0 Å². The third kappa shape index (κ3) is 4.01. The van der Waals surface area contributed by atoms with Crippen molar-refractivity contribution in [2.24, 2.45) is 5.92 Å². The molecule has 2 fully saturated rings. The molecule has 0 bridgehead atoms. The lowest BCUT2D eigenvalue weighted by Gasteiger charge is -2.22. The zero-order valence-corrected chi connectivity index (χ0v) is 13.3. The van der Waals surface area contributed by atoms with Crippen molar-refractivity contribution in [2.45, 2.75) is 48.7 Å². The van der Waals surface area contributed by atoms with Gasteiger partial charge < -0.3 is 10.6 Å². The Labute approximate surface area is 131 Å². The van der Waals surface area contributed by atoms with Crippen molar-refractivity contribution < 1.29 is 4.79 Å². The monoisotopic (exact) mass is 304 g/mol. The molecule has 3 rings (SSSR count). The van der Waals surface area contributed by atoms with Crippen molar-refractivity contribution in [3.63, 3.8) is 0 Å². The van der Waals surface area contributed by atoms with Gasteiger partial charge in [-0.15, -0.1) is 11.8 Å². The summed E-state index contributed by atoms with van der Waals surface area (Å²) in [5.41, 5.74) is 0.991. The van der Waals surface area contributed by atoms with E-state index in [1.807, 2.05) is 23.9 Å². The van der Waals surface area contributed by atoms with Gasteiger partial charge >= 0.3 is 0 Å². The number of para-hydroxylation sites is 1. The third-order valence-corrected chi connectivity index (χ3v) is 5.82. The lowest BCUT2D eigenvalue weighted by Crippen LogP contribution is -2.37. The Hall–Kier alpha value is -1.00. The van der Waals surface area contributed by atoms with E-state index >= 15 is 0 Å². The van der Waals surface area contributed by atoms with E-state index in [9.17, 15) is 4.79 Å². The van der Waals surface area contributed by atoms with Gasteiger partial charge in [0, 0.05) is 16.7 Å². The number of hydrogen-bond donors (Lipinski definition) is 2. The van der Waals surface area contributed by atoms with Crippen molar-refractivity contribution in [2.75, 3.05) is 18.4 Å². The van der Waals surface area contributed by atoms with Gasteiger partial charge in [0.15, 0.2) is 0 Å². The van der Waals surface area contributed by atoms with Crippen molar-refractivity contribution in [1.29, 1.82) is 0 Å². The Kier molecular flexibility index (Phi) is 5.20. The molecule has 1 aliphatic carbocycles. The van der Waals surface area contributed by atoms with Gasteiger partial charge in [-0.3, -0.25) is 4.79 Å². The highest BCUT2D eigenvalue weighted by atomic mass is 32.2. The molecule has 1 atom stereocenters. The number of amides is 1. The second-order valence-electron chi connectivity index (χ2n) is 6.05. The molecule has 0 aromatic heterocycles. The van der Waals surface area contributed by atoms with E-state index in [4.69, 9.17) is 0 Å². The van der Waals surface area contributed by atoms with Gasteiger partial charge in [-0.1, -0.05) is 25.0 Å². The SMILES string of the molecule is O=C(Nc1ccccc1SC1CCCC1)[C@H]1CCCNC1. The average Bonchev–Trinajstić information content (AvgIpc) is 3.03. The molecule has 1 aromatic carbocycles. The predicted octanol–water partition coefficient (Wildman–Crippen LogP) is 3.66. The second kappa shape index (κ2) is 7.32. The third-order valence-electron chi connectivity index (χ3n) is 4.41. The minimum Gasteiger partial charge on any atom is -0.325 e. The molecule has 114 valence electrons. The number of piperidine rings is 1. The number of benzene rings is 1. The first-order chi connectivity index (χ1) is 10.3. The molecule has 0 radical (unpaired) electrons. The van der Waals surface area contributed by atoms with Crippen LogP contribution in [0.15, 0.2) is 29.2 Å². The summed E-state index contributed by atoms with van der Waals surface area (Å²) in [5, 5.41) is 7.18. The Morgan fingerprint density at radius 2 is 1.95 bits per heavy atom.